The van der Waals surface area contributed by atoms with E-state index < -0.39 is 0 Å². The van der Waals surface area contributed by atoms with Gasteiger partial charge in [-0.2, -0.15) is 5.10 Å². The third kappa shape index (κ3) is 3.14. The Morgan fingerprint density at radius 3 is 2.85 bits per heavy atom. The molecule has 6 nitrogen and oxygen atoms in total. The molecule has 6 heteroatoms. The normalized spacial score (nSPS) is 15.6. The molecule has 1 aromatic carbocycles. The summed E-state index contributed by atoms with van der Waals surface area (Å²) in [4.78, 5) is 15.8. The van der Waals surface area contributed by atoms with Gasteiger partial charge in [-0.3, -0.25) is 5.10 Å². The van der Waals surface area contributed by atoms with E-state index in [1.807, 2.05) is 30.3 Å². The predicted molar refractivity (Wildman–Crippen MR) is 72.2 cm³/mol. The molecule has 1 heterocycles. The smallest absolute Gasteiger partial charge is 0.407 e. The Morgan fingerprint density at radius 2 is 2.20 bits per heavy atom. The van der Waals surface area contributed by atoms with Gasteiger partial charge in [-0.25, -0.2) is 9.78 Å². The maximum atomic E-state index is 11.6. The number of rotatable bonds is 5. The first-order valence-corrected chi connectivity index (χ1v) is 6.66. The third-order valence-electron chi connectivity index (χ3n) is 3.25. The van der Waals surface area contributed by atoms with Crippen molar-refractivity contribution in [1.29, 1.82) is 0 Å². The molecule has 0 aliphatic heterocycles. The van der Waals surface area contributed by atoms with E-state index in [9.17, 15) is 4.79 Å². The van der Waals surface area contributed by atoms with Crippen molar-refractivity contribution in [3.8, 4) is 0 Å². The van der Waals surface area contributed by atoms with Crippen LogP contribution < -0.4 is 5.32 Å². The first-order chi connectivity index (χ1) is 9.83. The van der Waals surface area contributed by atoms with Gasteiger partial charge in [0.05, 0.1) is 5.92 Å². The van der Waals surface area contributed by atoms with Crippen LogP contribution in [-0.2, 0) is 4.74 Å². The molecule has 1 fully saturated rings. The summed E-state index contributed by atoms with van der Waals surface area (Å²) in [7, 11) is 0. The van der Waals surface area contributed by atoms with Crippen LogP contribution in [0.25, 0.3) is 0 Å². The van der Waals surface area contributed by atoms with Crippen LogP contribution in [0.5, 0.6) is 0 Å². The summed E-state index contributed by atoms with van der Waals surface area (Å²) in [5.74, 6) is 0.555. The van der Waals surface area contributed by atoms with Gasteiger partial charge >= 0.3 is 6.09 Å². The largest absolute Gasteiger partial charge is 0.448 e. The van der Waals surface area contributed by atoms with Crippen LogP contribution in [0.3, 0.4) is 0 Å². The maximum Gasteiger partial charge on any atom is 0.407 e. The van der Waals surface area contributed by atoms with Crippen LogP contribution in [0.1, 0.15) is 30.1 Å². The topological polar surface area (TPSA) is 79.9 Å². The number of ether oxygens (including phenoxy) is 1. The molecule has 1 aliphatic rings. The summed E-state index contributed by atoms with van der Waals surface area (Å²) in [5, 5.41) is 9.50. The van der Waals surface area contributed by atoms with Crippen LogP contribution in [-0.4, -0.2) is 33.9 Å². The van der Waals surface area contributed by atoms with Crippen LogP contribution in [0.2, 0.25) is 0 Å². The third-order valence-corrected chi connectivity index (χ3v) is 3.25. The maximum absolute atomic E-state index is 11.6. The zero-order valence-corrected chi connectivity index (χ0v) is 11.0. The average Bonchev–Trinajstić information content (AvgIpc) is 3.12. The highest BCUT2D eigenvalue weighted by atomic mass is 16.5. The fourth-order valence-corrected chi connectivity index (χ4v) is 2.00. The lowest BCUT2D eigenvalue weighted by atomic mass is 9.99. The number of alkyl carbamates (subject to hydrolysis) is 1. The second-order valence-corrected chi connectivity index (χ2v) is 4.85. The molecule has 1 atom stereocenters. The van der Waals surface area contributed by atoms with E-state index in [0.717, 1.165) is 18.4 Å². The van der Waals surface area contributed by atoms with Gasteiger partial charge in [0.25, 0.3) is 0 Å². The molecule has 0 saturated heterocycles. The van der Waals surface area contributed by atoms with Crippen LogP contribution >= 0.6 is 0 Å². The van der Waals surface area contributed by atoms with Gasteiger partial charge in [0.15, 0.2) is 0 Å². The molecule has 1 aromatic heterocycles. The molecular weight excluding hydrogens is 256 g/mol. The zero-order chi connectivity index (χ0) is 13.8. The molecule has 1 aliphatic carbocycles. The number of benzene rings is 1. The monoisotopic (exact) mass is 272 g/mol. The number of carbonyl (C=O) groups excluding carboxylic acids is 1. The second kappa shape index (κ2) is 5.73. The highest BCUT2D eigenvalue weighted by Gasteiger charge is 2.25. The first kappa shape index (κ1) is 12.7. The molecule has 3 rings (SSSR count). The fraction of sp³-hybridized carbons (Fsp3) is 0.357. The van der Waals surface area contributed by atoms with Crippen molar-refractivity contribution in [2.75, 3.05) is 6.61 Å². The molecule has 2 aromatic rings. The minimum atomic E-state index is -0.368. The minimum Gasteiger partial charge on any atom is -0.448 e. The lowest BCUT2D eigenvalue weighted by Crippen LogP contribution is -2.28. The lowest BCUT2D eigenvalue weighted by Gasteiger charge is -2.15. The van der Waals surface area contributed by atoms with E-state index in [1.165, 1.54) is 6.33 Å². The quantitative estimate of drug-likeness (QED) is 0.870. The van der Waals surface area contributed by atoms with Gasteiger partial charge in [-0.15, -0.1) is 0 Å². The van der Waals surface area contributed by atoms with E-state index in [4.69, 9.17) is 4.74 Å². The number of nitrogens with zero attached hydrogens (tertiary/aromatic N) is 2. The number of carbonyl (C=O) groups is 1. The fourth-order valence-electron chi connectivity index (χ4n) is 2.00. The van der Waals surface area contributed by atoms with Crippen molar-refractivity contribution >= 4 is 6.09 Å². The van der Waals surface area contributed by atoms with E-state index in [1.54, 1.807) is 0 Å². The Bertz CT molecular complexity index is 552. The number of hydrogen-bond acceptors (Lipinski definition) is 4. The number of aromatic nitrogens is 3. The molecule has 104 valence electrons. The standard InChI is InChI=1S/C14H16N4O2/c19-14(17-11-6-7-11)20-8-12(13-15-9-16-18-13)10-4-2-1-3-5-10/h1-5,9,11-12H,6-8H2,(H,17,19)(H,15,16,18). The number of amides is 1. The van der Waals surface area contributed by atoms with Crippen LogP contribution in [0.15, 0.2) is 36.7 Å². The molecule has 1 saturated carbocycles. The minimum absolute atomic E-state index is 0.136. The predicted octanol–water partition coefficient (Wildman–Crippen LogP) is 1.83. The Labute approximate surface area is 116 Å². The van der Waals surface area contributed by atoms with E-state index in [0.29, 0.717) is 11.9 Å². The van der Waals surface area contributed by atoms with Gasteiger partial charge in [-0.1, -0.05) is 30.3 Å². The van der Waals surface area contributed by atoms with Crippen LogP contribution in [0.4, 0.5) is 4.79 Å². The van der Waals surface area contributed by atoms with Crippen molar-refractivity contribution < 1.29 is 9.53 Å². The molecule has 1 amide bonds. The van der Waals surface area contributed by atoms with Gasteiger partial charge in [-0.05, 0) is 18.4 Å². The Balaban J connectivity index is 1.68. The van der Waals surface area contributed by atoms with Crippen molar-refractivity contribution in [2.24, 2.45) is 0 Å². The Kier molecular flexibility index (Phi) is 3.62. The van der Waals surface area contributed by atoms with Gasteiger partial charge in [0.2, 0.25) is 0 Å². The van der Waals surface area contributed by atoms with Gasteiger partial charge in [0.1, 0.15) is 18.8 Å². The summed E-state index contributed by atoms with van der Waals surface area (Å²) < 4.78 is 5.30. The molecular formula is C14H16N4O2. The molecule has 0 spiro atoms. The summed E-state index contributed by atoms with van der Waals surface area (Å²) in [6.07, 6.45) is 3.17. The molecule has 20 heavy (non-hydrogen) atoms. The van der Waals surface area contributed by atoms with Crippen molar-refractivity contribution in [2.45, 2.75) is 24.8 Å². The van der Waals surface area contributed by atoms with Crippen molar-refractivity contribution in [3.05, 3.63) is 48.0 Å². The zero-order valence-electron chi connectivity index (χ0n) is 11.0. The van der Waals surface area contributed by atoms with E-state index in [-0.39, 0.29) is 18.6 Å². The number of aromatic amines is 1. The Hall–Kier alpha value is -2.37. The number of H-pyrrole nitrogens is 1. The number of hydrogen-bond donors (Lipinski definition) is 2. The van der Waals surface area contributed by atoms with E-state index in [2.05, 4.69) is 20.5 Å². The first-order valence-electron chi connectivity index (χ1n) is 6.66. The summed E-state index contributed by atoms with van der Waals surface area (Å²) in [6, 6.07) is 10.1. The molecule has 2 N–H and O–H groups in total. The summed E-state index contributed by atoms with van der Waals surface area (Å²) in [5.41, 5.74) is 1.03. The highest BCUT2D eigenvalue weighted by molar-refractivity contribution is 5.68. The van der Waals surface area contributed by atoms with E-state index >= 15 is 0 Å². The lowest BCUT2D eigenvalue weighted by molar-refractivity contribution is 0.141. The summed E-state index contributed by atoms with van der Waals surface area (Å²) >= 11 is 0. The van der Waals surface area contributed by atoms with Crippen LogP contribution in [0, 0.1) is 0 Å². The molecule has 0 radical (unpaired) electrons. The van der Waals surface area contributed by atoms with Crippen molar-refractivity contribution in [3.63, 3.8) is 0 Å². The van der Waals surface area contributed by atoms with Gasteiger partial charge < -0.3 is 10.1 Å². The number of nitrogens with one attached hydrogen (secondary N) is 2. The summed E-state index contributed by atoms with van der Waals surface area (Å²) in [6.45, 7) is 0.234. The Morgan fingerprint density at radius 1 is 1.40 bits per heavy atom. The van der Waals surface area contributed by atoms with Crippen molar-refractivity contribution in [1.82, 2.24) is 20.5 Å². The second-order valence-electron chi connectivity index (χ2n) is 4.85. The molecule has 1 unspecified atom stereocenters. The molecule has 0 bridgehead atoms. The average molecular weight is 272 g/mol. The van der Waals surface area contributed by atoms with Gasteiger partial charge in [0, 0.05) is 6.04 Å². The highest BCUT2D eigenvalue weighted by Crippen LogP contribution is 2.22. The SMILES string of the molecule is O=C(NC1CC1)OCC(c1ccccc1)c1ncn[nH]1.